The summed E-state index contributed by atoms with van der Waals surface area (Å²) >= 11 is 6.05. The van der Waals surface area contributed by atoms with Crippen molar-refractivity contribution in [2.45, 2.75) is 12.5 Å². The number of nitrogens with one attached hydrogen (secondary N) is 1. The summed E-state index contributed by atoms with van der Waals surface area (Å²) < 4.78 is 5.91. The van der Waals surface area contributed by atoms with E-state index in [4.69, 9.17) is 16.0 Å². The Morgan fingerprint density at radius 3 is 2.50 bits per heavy atom. The number of carbonyl (C=O) groups is 1. The van der Waals surface area contributed by atoms with E-state index >= 15 is 0 Å². The van der Waals surface area contributed by atoms with Crippen molar-refractivity contribution in [1.82, 2.24) is 4.90 Å². The second-order valence-electron chi connectivity index (χ2n) is 7.43. The van der Waals surface area contributed by atoms with E-state index in [-0.39, 0.29) is 17.1 Å². The van der Waals surface area contributed by atoms with Crippen molar-refractivity contribution in [2.75, 3.05) is 27.2 Å². The Bertz CT molecular complexity index is 1090. The molecule has 1 N–H and O–H groups in total. The summed E-state index contributed by atoms with van der Waals surface area (Å²) in [5.41, 5.74) is 1.57. The van der Waals surface area contributed by atoms with Crippen molar-refractivity contribution in [2.24, 2.45) is 0 Å². The van der Waals surface area contributed by atoms with Crippen LogP contribution >= 0.6 is 11.6 Å². The lowest BCUT2D eigenvalue weighted by Gasteiger charge is -2.25. The third-order valence-electron chi connectivity index (χ3n) is 5.13. The number of fused-ring (bicyclic) bond motifs is 2. The molecule has 0 radical (unpaired) electrons. The summed E-state index contributed by atoms with van der Waals surface area (Å²) in [6.07, 6.45) is 0.833. The number of hydrogen-bond donors (Lipinski definition) is 1. The quantitative estimate of drug-likeness (QED) is 0.719. The summed E-state index contributed by atoms with van der Waals surface area (Å²) in [4.78, 5) is 29.5. The molecule has 0 fully saturated rings. The number of benzene rings is 2. The van der Waals surface area contributed by atoms with E-state index in [0.717, 1.165) is 18.5 Å². The average Bonchev–Trinajstić information content (AvgIpc) is 2.95. The normalized spacial score (nSPS) is 16.2. The lowest BCUT2D eigenvalue weighted by molar-refractivity contribution is -0.858. The van der Waals surface area contributed by atoms with Crippen LogP contribution < -0.4 is 10.3 Å². The zero-order valence-corrected chi connectivity index (χ0v) is 16.6. The Morgan fingerprint density at radius 1 is 1.07 bits per heavy atom. The van der Waals surface area contributed by atoms with Crippen LogP contribution in [0.1, 0.15) is 34.1 Å². The maximum Gasteiger partial charge on any atom is 0.290 e. The number of halogens is 1. The van der Waals surface area contributed by atoms with Gasteiger partial charge in [-0.1, -0.05) is 35.9 Å². The fraction of sp³-hybridized carbons (Fsp3) is 0.273. The van der Waals surface area contributed by atoms with Gasteiger partial charge in [0.25, 0.3) is 5.91 Å². The Labute approximate surface area is 168 Å². The van der Waals surface area contributed by atoms with Crippen molar-refractivity contribution in [3.05, 3.63) is 80.7 Å². The fourth-order valence-electron chi connectivity index (χ4n) is 3.79. The summed E-state index contributed by atoms with van der Waals surface area (Å²) in [5.74, 6) is -0.0765. The van der Waals surface area contributed by atoms with Gasteiger partial charge in [0.05, 0.1) is 37.6 Å². The van der Waals surface area contributed by atoms with Gasteiger partial charge >= 0.3 is 0 Å². The van der Waals surface area contributed by atoms with Crippen LogP contribution in [0.2, 0.25) is 5.02 Å². The van der Waals surface area contributed by atoms with E-state index in [1.807, 2.05) is 12.1 Å². The Hall–Kier alpha value is -2.63. The zero-order valence-electron chi connectivity index (χ0n) is 15.9. The fourth-order valence-corrected chi connectivity index (χ4v) is 3.92. The molecule has 0 saturated carbocycles. The summed E-state index contributed by atoms with van der Waals surface area (Å²) in [6.45, 7) is 1.48. The molecule has 6 heteroatoms. The highest BCUT2D eigenvalue weighted by Gasteiger charge is 2.42. The van der Waals surface area contributed by atoms with Gasteiger partial charge in [-0.15, -0.1) is 0 Å². The van der Waals surface area contributed by atoms with Crippen LogP contribution in [0.3, 0.4) is 0 Å². The topological polar surface area (TPSA) is 55.0 Å². The van der Waals surface area contributed by atoms with E-state index in [1.54, 1.807) is 41.3 Å². The van der Waals surface area contributed by atoms with Crippen LogP contribution in [-0.2, 0) is 0 Å². The van der Waals surface area contributed by atoms with E-state index in [0.29, 0.717) is 28.1 Å². The minimum absolute atomic E-state index is 0.147. The molecule has 4 rings (SSSR count). The van der Waals surface area contributed by atoms with Crippen molar-refractivity contribution < 1.29 is 14.1 Å². The zero-order chi connectivity index (χ0) is 19.8. The van der Waals surface area contributed by atoms with E-state index in [2.05, 4.69) is 14.1 Å². The number of hydrogen-bond acceptors (Lipinski definition) is 3. The Morgan fingerprint density at radius 2 is 1.79 bits per heavy atom. The lowest BCUT2D eigenvalue weighted by atomic mass is 9.98. The Balaban J connectivity index is 1.86. The van der Waals surface area contributed by atoms with Crippen molar-refractivity contribution in [1.29, 1.82) is 0 Å². The SMILES string of the molecule is C[NH+](C)CCCN1C(=O)c2oc3ccccc3c(=O)c2[C@H]1c1ccc(Cl)cc1. The largest absolute Gasteiger partial charge is 0.450 e. The van der Waals surface area contributed by atoms with Crippen molar-refractivity contribution in [3.63, 3.8) is 0 Å². The van der Waals surface area contributed by atoms with E-state index in [9.17, 15) is 9.59 Å². The van der Waals surface area contributed by atoms with E-state index < -0.39 is 6.04 Å². The maximum absolute atomic E-state index is 13.3. The Kier molecular flexibility index (Phi) is 4.96. The molecule has 0 bridgehead atoms. The van der Waals surface area contributed by atoms with Gasteiger partial charge in [0, 0.05) is 18.0 Å². The van der Waals surface area contributed by atoms with Gasteiger partial charge in [-0.05, 0) is 29.8 Å². The maximum atomic E-state index is 13.3. The first-order valence-corrected chi connectivity index (χ1v) is 9.76. The number of quaternary nitrogens is 1. The van der Waals surface area contributed by atoms with Crippen LogP contribution in [-0.4, -0.2) is 38.0 Å². The first kappa shape index (κ1) is 18.7. The minimum Gasteiger partial charge on any atom is -0.450 e. The molecular weight excluding hydrogens is 376 g/mol. The average molecular weight is 398 g/mol. The molecule has 1 atom stereocenters. The predicted octanol–water partition coefficient (Wildman–Crippen LogP) is 2.53. The molecule has 1 amide bonds. The van der Waals surface area contributed by atoms with Crippen LogP contribution in [0, 0.1) is 0 Å². The highest BCUT2D eigenvalue weighted by atomic mass is 35.5. The molecule has 0 spiro atoms. The van der Waals surface area contributed by atoms with Gasteiger partial charge in [0.1, 0.15) is 5.58 Å². The third-order valence-corrected chi connectivity index (χ3v) is 5.39. The van der Waals surface area contributed by atoms with Crippen LogP contribution in [0.25, 0.3) is 11.0 Å². The second kappa shape index (κ2) is 7.41. The number of nitrogens with zero attached hydrogens (tertiary/aromatic N) is 1. The predicted molar refractivity (Wildman–Crippen MR) is 109 cm³/mol. The number of amides is 1. The second-order valence-corrected chi connectivity index (χ2v) is 7.87. The van der Waals surface area contributed by atoms with Gasteiger partial charge in [0.2, 0.25) is 5.76 Å². The molecule has 28 heavy (non-hydrogen) atoms. The number of carbonyl (C=O) groups excluding carboxylic acids is 1. The monoisotopic (exact) mass is 397 g/mol. The number of para-hydroxylation sites is 1. The molecule has 5 nitrogen and oxygen atoms in total. The molecule has 2 heterocycles. The highest BCUT2D eigenvalue weighted by molar-refractivity contribution is 6.30. The molecule has 1 aliphatic heterocycles. The van der Waals surface area contributed by atoms with Crippen molar-refractivity contribution >= 4 is 28.5 Å². The standard InChI is InChI=1S/C22H21ClN2O3/c1-24(2)12-5-13-25-19(14-8-10-15(23)11-9-14)18-20(26)16-6-3-4-7-17(16)28-21(18)22(25)27/h3-4,6-11,19H,5,12-13H2,1-2H3/p+1/t19-/m1/s1. The molecule has 1 aliphatic rings. The molecule has 0 saturated heterocycles. The molecular formula is C22H22ClN2O3+. The summed E-state index contributed by atoms with van der Waals surface area (Å²) in [6, 6.07) is 13.9. The smallest absolute Gasteiger partial charge is 0.290 e. The van der Waals surface area contributed by atoms with Gasteiger partial charge in [-0.2, -0.15) is 0 Å². The first-order valence-electron chi connectivity index (χ1n) is 9.38. The van der Waals surface area contributed by atoms with Gasteiger partial charge in [0.15, 0.2) is 5.43 Å². The van der Waals surface area contributed by atoms with Crippen molar-refractivity contribution in [3.8, 4) is 0 Å². The van der Waals surface area contributed by atoms with Crippen LogP contribution in [0.5, 0.6) is 0 Å². The molecule has 0 unspecified atom stereocenters. The third kappa shape index (κ3) is 3.21. The first-order chi connectivity index (χ1) is 13.5. The highest BCUT2D eigenvalue weighted by Crippen LogP contribution is 2.38. The van der Waals surface area contributed by atoms with Crippen LogP contribution in [0.15, 0.2) is 57.7 Å². The molecule has 1 aromatic heterocycles. The minimum atomic E-state index is -0.460. The van der Waals surface area contributed by atoms with E-state index in [1.165, 1.54) is 4.90 Å². The molecule has 3 aromatic rings. The molecule has 144 valence electrons. The van der Waals surface area contributed by atoms with Gasteiger partial charge in [-0.3, -0.25) is 9.59 Å². The summed E-state index contributed by atoms with van der Waals surface area (Å²) in [5, 5.41) is 1.11. The summed E-state index contributed by atoms with van der Waals surface area (Å²) in [7, 11) is 4.16. The van der Waals surface area contributed by atoms with Crippen LogP contribution in [0.4, 0.5) is 0 Å². The lowest BCUT2D eigenvalue weighted by Crippen LogP contribution is -3.05. The molecule has 2 aromatic carbocycles. The van der Waals surface area contributed by atoms with Gasteiger partial charge < -0.3 is 14.2 Å². The molecule has 0 aliphatic carbocycles. The van der Waals surface area contributed by atoms with Gasteiger partial charge in [-0.25, -0.2) is 0 Å². The number of rotatable bonds is 5.